The summed E-state index contributed by atoms with van der Waals surface area (Å²) in [5.41, 5.74) is 0.516. The molecule has 2 atom stereocenters. The standard InChI is InChI=1S/C14H27NOS/c1-14(2)9-12(10-17-11-14)15-7-6-13-5-3-4-8-16-13/h12-13,15H,3-11H2,1-2H3. The molecule has 2 heterocycles. The van der Waals surface area contributed by atoms with E-state index in [9.17, 15) is 0 Å². The average Bonchev–Trinajstić information content (AvgIpc) is 2.29. The summed E-state index contributed by atoms with van der Waals surface area (Å²) < 4.78 is 5.76. The molecule has 0 aromatic carbocycles. The Labute approximate surface area is 110 Å². The first-order valence-electron chi connectivity index (χ1n) is 7.08. The van der Waals surface area contributed by atoms with E-state index in [1.54, 1.807) is 0 Å². The van der Waals surface area contributed by atoms with Gasteiger partial charge in [-0.05, 0) is 49.8 Å². The molecular formula is C14H27NOS. The second kappa shape index (κ2) is 6.44. The van der Waals surface area contributed by atoms with Crippen LogP contribution in [-0.2, 0) is 4.74 Å². The lowest BCUT2D eigenvalue weighted by atomic mass is 9.88. The number of ether oxygens (including phenoxy) is 1. The largest absolute Gasteiger partial charge is 0.378 e. The summed E-state index contributed by atoms with van der Waals surface area (Å²) in [4.78, 5) is 0. The highest BCUT2D eigenvalue weighted by atomic mass is 32.2. The molecule has 0 saturated carbocycles. The molecule has 1 N–H and O–H groups in total. The van der Waals surface area contributed by atoms with Gasteiger partial charge in [-0.1, -0.05) is 13.8 Å². The third kappa shape index (κ3) is 4.80. The zero-order valence-corrected chi connectivity index (χ0v) is 12.2. The normalized spacial score (nSPS) is 33.5. The number of hydrogen-bond donors (Lipinski definition) is 1. The average molecular weight is 257 g/mol. The Kier molecular flexibility index (Phi) is 5.19. The fourth-order valence-electron chi connectivity index (χ4n) is 2.88. The van der Waals surface area contributed by atoms with Gasteiger partial charge in [0.2, 0.25) is 0 Å². The van der Waals surface area contributed by atoms with Gasteiger partial charge in [-0.2, -0.15) is 11.8 Å². The molecular weight excluding hydrogens is 230 g/mol. The van der Waals surface area contributed by atoms with Crippen molar-refractivity contribution in [2.45, 2.75) is 58.1 Å². The molecule has 0 amide bonds. The van der Waals surface area contributed by atoms with Gasteiger partial charge in [0.05, 0.1) is 6.10 Å². The van der Waals surface area contributed by atoms with Crippen LogP contribution in [0.3, 0.4) is 0 Å². The Bertz CT molecular complexity index is 226. The molecule has 3 heteroatoms. The molecule has 0 aliphatic carbocycles. The number of hydrogen-bond acceptors (Lipinski definition) is 3. The molecule has 0 spiro atoms. The molecule has 0 radical (unpaired) electrons. The Balaban J connectivity index is 1.61. The van der Waals surface area contributed by atoms with E-state index in [4.69, 9.17) is 4.74 Å². The van der Waals surface area contributed by atoms with Crippen molar-refractivity contribution < 1.29 is 4.74 Å². The van der Waals surface area contributed by atoms with E-state index in [1.165, 1.54) is 43.6 Å². The van der Waals surface area contributed by atoms with Crippen molar-refractivity contribution in [3.8, 4) is 0 Å². The minimum Gasteiger partial charge on any atom is -0.378 e. The van der Waals surface area contributed by atoms with E-state index in [-0.39, 0.29) is 0 Å². The van der Waals surface area contributed by atoms with E-state index >= 15 is 0 Å². The molecule has 2 saturated heterocycles. The highest BCUT2D eigenvalue weighted by Gasteiger charge is 2.28. The number of nitrogens with one attached hydrogen (secondary N) is 1. The predicted octanol–water partition coefficient (Wildman–Crippen LogP) is 3.07. The van der Waals surface area contributed by atoms with E-state index < -0.39 is 0 Å². The van der Waals surface area contributed by atoms with E-state index in [1.807, 2.05) is 0 Å². The van der Waals surface area contributed by atoms with Crippen LogP contribution in [-0.4, -0.2) is 36.8 Å². The van der Waals surface area contributed by atoms with Gasteiger partial charge in [0, 0.05) is 18.4 Å². The number of thioether (sulfide) groups is 1. The minimum absolute atomic E-state index is 0.516. The molecule has 2 fully saturated rings. The molecule has 100 valence electrons. The Hall–Kier alpha value is 0.270. The van der Waals surface area contributed by atoms with E-state index in [2.05, 4.69) is 30.9 Å². The molecule has 2 unspecified atom stereocenters. The second-order valence-electron chi connectivity index (χ2n) is 6.31. The van der Waals surface area contributed by atoms with Gasteiger partial charge in [-0.15, -0.1) is 0 Å². The topological polar surface area (TPSA) is 21.3 Å². The summed E-state index contributed by atoms with van der Waals surface area (Å²) in [6, 6.07) is 0.715. The number of rotatable bonds is 4. The quantitative estimate of drug-likeness (QED) is 0.836. The van der Waals surface area contributed by atoms with Crippen LogP contribution in [0.25, 0.3) is 0 Å². The molecule has 17 heavy (non-hydrogen) atoms. The highest BCUT2D eigenvalue weighted by Crippen LogP contribution is 2.33. The van der Waals surface area contributed by atoms with Crippen LogP contribution in [0.1, 0.15) is 46.0 Å². The lowest BCUT2D eigenvalue weighted by molar-refractivity contribution is 0.0111. The second-order valence-corrected chi connectivity index (χ2v) is 7.34. The summed E-state index contributed by atoms with van der Waals surface area (Å²) in [6.45, 7) is 6.89. The molecule has 2 nitrogen and oxygen atoms in total. The van der Waals surface area contributed by atoms with Crippen LogP contribution in [0.2, 0.25) is 0 Å². The Morgan fingerprint density at radius 2 is 2.24 bits per heavy atom. The first-order valence-corrected chi connectivity index (χ1v) is 8.24. The molecule has 2 rings (SSSR count). The molecule has 2 aliphatic rings. The van der Waals surface area contributed by atoms with Gasteiger partial charge < -0.3 is 10.1 Å². The fraction of sp³-hybridized carbons (Fsp3) is 1.00. The van der Waals surface area contributed by atoms with Crippen molar-refractivity contribution >= 4 is 11.8 Å². The lowest BCUT2D eigenvalue weighted by Gasteiger charge is -2.35. The van der Waals surface area contributed by atoms with E-state index in [0.717, 1.165) is 13.2 Å². The monoisotopic (exact) mass is 257 g/mol. The predicted molar refractivity (Wildman–Crippen MR) is 75.7 cm³/mol. The van der Waals surface area contributed by atoms with Crippen molar-refractivity contribution in [3.05, 3.63) is 0 Å². The SMILES string of the molecule is CC1(C)CSCC(NCCC2CCCCO2)C1. The van der Waals surface area contributed by atoms with Crippen molar-refractivity contribution in [3.63, 3.8) is 0 Å². The third-order valence-corrected chi connectivity index (χ3v) is 5.41. The van der Waals surface area contributed by atoms with Crippen LogP contribution in [0.15, 0.2) is 0 Å². The Morgan fingerprint density at radius 3 is 2.94 bits per heavy atom. The van der Waals surface area contributed by atoms with Gasteiger partial charge >= 0.3 is 0 Å². The zero-order valence-electron chi connectivity index (χ0n) is 11.3. The first kappa shape index (κ1) is 13.7. The minimum atomic E-state index is 0.516. The van der Waals surface area contributed by atoms with Crippen molar-refractivity contribution in [1.82, 2.24) is 5.32 Å². The third-order valence-electron chi connectivity index (χ3n) is 3.78. The van der Waals surface area contributed by atoms with Crippen LogP contribution >= 0.6 is 11.8 Å². The van der Waals surface area contributed by atoms with Crippen molar-refractivity contribution in [2.24, 2.45) is 5.41 Å². The maximum atomic E-state index is 5.76. The van der Waals surface area contributed by atoms with Gasteiger partial charge in [0.25, 0.3) is 0 Å². The van der Waals surface area contributed by atoms with Crippen molar-refractivity contribution in [2.75, 3.05) is 24.7 Å². The van der Waals surface area contributed by atoms with Crippen LogP contribution in [0.5, 0.6) is 0 Å². The van der Waals surface area contributed by atoms with Gasteiger partial charge in [-0.25, -0.2) is 0 Å². The lowest BCUT2D eigenvalue weighted by Crippen LogP contribution is -2.41. The fourth-order valence-corrected chi connectivity index (χ4v) is 4.19. The van der Waals surface area contributed by atoms with Gasteiger partial charge in [0.15, 0.2) is 0 Å². The van der Waals surface area contributed by atoms with Crippen LogP contribution < -0.4 is 5.32 Å². The summed E-state index contributed by atoms with van der Waals surface area (Å²) in [6.07, 6.45) is 6.94. The summed E-state index contributed by atoms with van der Waals surface area (Å²) in [7, 11) is 0. The Morgan fingerprint density at radius 1 is 1.35 bits per heavy atom. The smallest absolute Gasteiger partial charge is 0.0587 e. The van der Waals surface area contributed by atoms with Crippen molar-refractivity contribution in [1.29, 1.82) is 0 Å². The summed E-state index contributed by atoms with van der Waals surface area (Å²) in [5.74, 6) is 2.60. The molecule has 2 aliphatic heterocycles. The summed E-state index contributed by atoms with van der Waals surface area (Å²) in [5, 5.41) is 3.72. The van der Waals surface area contributed by atoms with E-state index in [0.29, 0.717) is 17.6 Å². The highest BCUT2D eigenvalue weighted by molar-refractivity contribution is 7.99. The molecule has 0 aromatic heterocycles. The molecule has 0 aromatic rings. The molecule has 0 bridgehead atoms. The van der Waals surface area contributed by atoms with Gasteiger partial charge in [0.1, 0.15) is 0 Å². The maximum Gasteiger partial charge on any atom is 0.0587 e. The first-order chi connectivity index (χ1) is 8.16. The van der Waals surface area contributed by atoms with Crippen LogP contribution in [0, 0.1) is 5.41 Å². The maximum absolute atomic E-state index is 5.76. The zero-order chi connectivity index (χ0) is 12.1. The van der Waals surface area contributed by atoms with Crippen LogP contribution in [0.4, 0.5) is 0 Å². The van der Waals surface area contributed by atoms with Gasteiger partial charge in [-0.3, -0.25) is 0 Å². The summed E-state index contributed by atoms with van der Waals surface area (Å²) >= 11 is 2.10.